The van der Waals surface area contributed by atoms with E-state index in [9.17, 15) is 24.1 Å². The van der Waals surface area contributed by atoms with Gasteiger partial charge in [0.05, 0.1) is 16.5 Å². The van der Waals surface area contributed by atoms with Gasteiger partial charge >= 0.3 is 5.97 Å². The van der Waals surface area contributed by atoms with Gasteiger partial charge in [0.1, 0.15) is 11.5 Å². The Morgan fingerprint density at radius 3 is 2.79 bits per heavy atom. The van der Waals surface area contributed by atoms with E-state index in [2.05, 4.69) is 10.3 Å². The Morgan fingerprint density at radius 2 is 2.00 bits per heavy atom. The monoisotopic (exact) mass is 395 g/mol. The first-order valence-corrected chi connectivity index (χ1v) is 8.36. The van der Waals surface area contributed by atoms with Crippen LogP contribution in [0, 0.1) is 15.9 Å². The predicted octanol–water partition coefficient (Wildman–Crippen LogP) is 3.48. The van der Waals surface area contributed by atoms with Crippen molar-refractivity contribution in [2.75, 3.05) is 11.9 Å². The third kappa shape index (κ3) is 4.98. The van der Waals surface area contributed by atoms with Gasteiger partial charge < -0.3 is 10.1 Å². The molecule has 2 aromatic carbocycles. The number of amides is 1. The summed E-state index contributed by atoms with van der Waals surface area (Å²) in [6, 6.07) is 11.9. The summed E-state index contributed by atoms with van der Waals surface area (Å²) in [5.41, 5.74) is 0.606. The Kier molecular flexibility index (Phi) is 5.88. The van der Waals surface area contributed by atoms with Gasteiger partial charge in [-0.3, -0.25) is 19.9 Å². The maximum Gasteiger partial charge on any atom is 0.331 e. The van der Waals surface area contributed by atoms with Crippen molar-refractivity contribution in [2.45, 2.75) is 0 Å². The molecule has 0 atom stereocenters. The largest absolute Gasteiger partial charge is 0.452 e. The van der Waals surface area contributed by atoms with Crippen LogP contribution in [0.1, 0.15) is 5.56 Å². The number of ether oxygens (including phenoxy) is 1. The number of fused-ring (bicyclic) bond motifs is 1. The van der Waals surface area contributed by atoms with E-state index in [0.717, 1.165) is 23.6 Å². The zero-order valence-electron chi connectivity index (χ0n) is 14.9. The molecule has 29 heavy (non-hydrogen) atoms. The summed E-state index contributed by atoms with van der Waals surface area (Å²) in [5.74, 6) is -2.39. The van der Waals surface area contributed by atoms with Gasteiger partial charge in [-0.1, -0.05) is 24.3 Å². The number of hydrogen-bond donors (Lipinski definition) is 1. The Labute approximate surface area is 163 Å². The molecule has 0 radical (unpaired) electrons. The molecule has 8 nitrogen and oxygen atoms in total. The van der Waals surface area contributed by atoms with Crippen molar-refractivity contribution in [1.29, 1.82) is 0 Å². The van der Waals surface area contributed by atoms with Crippen molar-refractivity contribution in [3.05, 3.63) is 82.3 Å². The van der Waals surface area contributed by atoms with Gasteiger partial charge in [0, 0.05) is 23.2 Å². The van der Waals surface area contributed by atoms with E-state index in [1.807, 2.05) is 18.2 Å². The fourth-order valence-corrected chi connectivity index (χ4v) is 2.55. The van der Waals surface area contributed by atoms with Crippen molar-refractivity contribution >= 4 is 40.2 Å². The van der Waals surface area contributed by atoms with Crippen molar-refractivity contribution in [3.8, 4) is 0 Å². The Bertz CT molecular complexity index is 1120. The van der Waals surface area contributed by atoms with Crippen molar-refractivity contribution in [2.24, 2.45) is 0 Å². The summed E-state index contributed by atoms with van der Waals surface area (Å²) in [6.45, 7) is -0.661. The van der Waals surface area contributed by atoms with Crippen LogP contribution in [0.3, 0.4) is 0 Å². The lowest BCUT2D eigenvalue weighted by Crippen LogP contribution is -2.20. The summed E-state index contributed by atoms with van der Waals surface area (Å²) >= 11 is 0. The Morgan fingerprint density at radius 1 is 1.21 bits per heavy atom. The molecule has 0 fully saturated rings. The van der Waals surface area contributed by atoms with Crippen molar-refractivity contribution in [3.63, 3.8) is 0 Å². The second-order valence-electron chi connectivity index (χ2n) is 5.83. The minimum absolute atomic E-state index is 0.199. The number of nitro benzene ring substituents is 1. The van der Waals surface area contributed by atoms with Gasteiger partial charge in [-0.15, -0.1) is 0 Å². The fourth-order valence-electron chi connectivity index (χ4n) is 2.55. The highest BCUT2D eigenvalue weighted by Gasteiger charge is 2.17. The normalized spacial score (nSPS) is 10.8. The molecule has 0 aliphatic heterocycles. The highest BCUT2D eigenvalue weighted by molar-refractivity contribution is 5.97. The molecule has 0 bridgehead atoms. The number of anilines is 1. The average molecular weight is 395 g/mol. The number of pyridine rings is 1. The maximum atomic E-state index is 13.1. The molecule has 1 N–H and O–H groups in total. The van der Waals surface area contributed by atoms with Gasteiger partial charge in [0.25, 0.3) is 11.6 Å². The lowest BCUT2D eigenvalue weighted by molar-refractivity contribution is -0.384. The molecule has 0 spiro atoms. The maximum absolute atomic E-state index is 13.1. The van der Waals surface area contributed by atoms with Gasteiger partial charge in [-0.25, -0.2) is 9.18 Å². The van der Waals surface area contributed by atoms with Gasteiger partial charge in [0.2, 0.25) is 0 Å². The number of carbonyl (C=O) groups excluding carboxylic acids is 2. The number of benzene rings is 2. The minimum atomic E-state index is -0.828. The van der Waals surface area contributed by atoms with Crippen LogP contribution in [0.25, 0.3) is 17.0 Å². The van der Waals surface area contributed by atoms with E-state index < -0.39 is 34.9 Å². The molecule has 3 aromatic rings. The molecule has 0 saturated carbocycles. The molecular formula is C20H14FN3O5. The third-order valence-corrected chi connectivity index (χ3v) is 3.84. The summed E-state index contributed by atoms with van der Waals surface area (Å²) in [7, 11) is 0. The van der Waals surface area contributed by atoms with Crippen LogP contribution < -0.4 is 5.32 Å². The zero-order chi connectivity index (χ0) is 20.8. The SMILES string of the molecule is O=C(COC(=O)/C=C/c1cccc2cccnc12)Nc1ccc(F)cc1[N+](=O)[O-]. The number of nitrogens with one attached hydrogen (secondary N) is 1. The standard InChI is InChI=1S/C20H14FN3O5/c21-15-7-8-16(17(11-15)24(27)28)23-18(25)12-29-19(26)9-6-14-4-1-3-13-5-2-10-22-20(13)14/h1-11H,12H2,(H,23,25)/b9-6+. The van der Waals surface area contributed by atoms with Gasteiger partial charge in [-0.2, -0.15) is 0 Å². The first-order chi connectivity index (χ1) is 13.9. The van der Waals surface area contributed by atoms with Gasteiger partial charge in [0.15, 0.2) is 6.61 Å². The molecule has 1 heterocycles. The molecule has 0 aliphatic carbocycles. The number of halogens is 1. The quantitative estimate of drug-likeness (QED) is 0.296. The van der Waals surface area contributed by atoms with E-state index in [-0.39, 0.29) is 5.69 Å². The second kappa shape index (κ2) is 8.70. The van der Waals surface area contributed by atoms with Crippen molar-refractivity contribution in [1.82, 2.24) is 4.98 Å². The first-order valence-electron chi connectivity index (χ1n) is 8.36. The van der Waals surface area contributed by atoms with Crippen LogP contribution in [0.15, 0.2) is 60.8 Å². The van der Waals surface area contributed by atoms with E-state index >= 15 is 0 Å². The van der Waals surface area contributed by atoms with Gasteiger partial charge in [-0.05, 0) is 24.3 Å². The molecule has 3 rings (SSSR count). The molecule has 0 saturated heterocycles. The molecular weight excluding hydrogens is 381 g/mol. The molecule has 1 amide bonds. The minimum Gasteiger partial charge on any atom is -0.452 e. The number of aromatic nitrogens is 1. The fraction of sp³-hybridized carbons (Fsp3) is 0.0500. The van der Waals surface area contributed by atoms with Crippen LogP contribution in [0.2, 0.25) is 0 Å². The third-order valence-electron chi connectivity index (χ3n) is 3.84. The Balaban J connectivity index is 1.60. The zero-order valence-corrected chi connectivity index (χ0v) is 14.9. The van der Waals surface area contributed by atoms with Crippen LogP contribution in [0.5, 0.6) is 0 Å². The summed E-state index contributed by atoms with van der Waals surface area (Å²) in [6.07, 6.45) is 4.30. The highest BCUT2D eigenvalue weighted by atomic mass is 19.1. The number of rotatable bonds is 6. The molecule has 9 heteroatoms. The predicted molar refractivity (Wildman–Crippen MR) is 103 cm³/mol. The number of hydrogen-bond acceptors (Lipinski definition) is 6. The summed E-state index contributed by atoms with van der Waals surface area (Å²) in [4.78, 5) is 38.1. The van der Waals surface area contributed by atoms with E-state index in [1.54, 1.807) is 18.3 Å². The Hall–Kier alpha value is -4.14. The van der Waals surface area contributed by atoms with Crippen LogP contribution in [-0.2, 0) is 14.3 Å². The van der Waals surface area contributed by atoms with E-state index in [1.165, 1.54) is 6.08 Å². The van der Waals surface area contributed by atoms with E-state index in [0.29, 0.717) is 17.1 Å². The molecule has 0 aliphatic rings. The van der Waals surface area contributed by atoms with Crippen molar-refractivity contribution < 1.29 is 23.6 Å². The lowest BCUT2D eigenvalue weighted by atomic mass is 10.1. The molecule has 0 unspecified atom stereocenters. The molecule has 146 valence electrons. The number of esters is 1. The lowest BCUT2D eigenvalue weighted by Gasteiger charge is -2.06. The summed E-state index contributed by atoms with van der Waals surface area (Å²) < 4.78 is 18.0. The second-order valence-corrected chi connectivity index (χ2v) is 5.83. The summed E-state index contributed by atoms with van der Waals surface area (Å²) in [5, 5.41) is 14.0. The first kappa shape index (κ1) is 19.6. The van der Waals surface area contributed by atoms with Crippen LogP contribution in [-0.4, -0.2) is 28.4 Å². The average Bonchev–Trinajstić information content (AvgIpc) is 2.71. The topological polar surface area (TPSA) is 111 Å². The number of para-hydroxylation sites is 1. The number of nitro groups is 1. The highest BCUT2D eigenvalue weighted by Crippen LogP contribution is 2.24. The smallest absolute Gasteiger partial charge is 0.331 e. The van der Waals surface area contributed by atoms with E-state index in [4.69, 9.17) is 4.74 Å². The number of carbonyl (C=O) groups is 2. The van der Waals surface area contributed by atoms with Crippen LogP contribution >= 0.6 is 0 Å². The number of nitrogens with zero attached hydrogens (tertiary/aromatic N) is 2. The van der Waals surface area contributed by atoms with Crippen LogP contribution in [0.4, 0.5) is 15.8 Å². The molecule has 1 aromatic heterocycles.